The van der Waals surface area contributed by atoms with Crippen LogP contribution >= 0.6 is 23.6 Å². The van der Waals surface area contributed by atoms with Gasteiger partial charge < -0.3 is 5.32 Å². The molecule has 0 aliphatic heterocycles. The summed E-state index contributed by atoms with van der Waals surface area (Å²) in [5, 5.41) is 9.94. The van der Waals surface area contributed by atoms with Gasteiger partial charge in [0.2, 0.25) is 11.0 Å². The average Bonchev–Trinajstić information content (AvgIpc) is 2.65. The highest BCUT2D eigenvalue weighted by Gasteiger charge is 2.21. The number of aromatic nitrogens is 2. The topological polar surface area (TPSA) is 57.8 Å². The summed E-state index contributed by atoms with van der Waals surface area (Å²) >= 11 is 6.19. The van der Waals surface area contributed by atoms with Gasteiger partial charge in [0.05, 0.1) is 0 Å². The van der Waals surface area contributed by atoms with E-state index in [4.69, 9.17) is 12.2 Å². The maximum Gasteiger partial charge on any atom is 0.229 e. The molecule has 0 aromatic carbocycles. The van der Waals surface area contributed by atoms with Gasteiger partial charge >= 0.3 is 0 Å². The minimum Gasteiger partial charge on any atom is -0.300 e. The standard InChI is InChI=1S/C9H13N3OS2/c13-7(6-4-2-1-3-5-6)10-8-11-12-9(14)15-8/h6H,1-5H2,(H,12,14)(H,10,11,13). The third-order valence-corrected chi connectivity index (χ3v) is 3.65. The van der Waals surface area contributed by atoms with E-state index < -0.39 is 0 Å². The molecular weight excluding hydrogens is 230 g/mol. The van der Waals surface area contributed by atoms with E-state index in [9.17, 15) is 4.79 Å². The highest BCUT2D eigenvalue weighted by molar-refractivity contribution is 7.73. The van der Waals surface area contributed by atoms with Crippen molar-refractivity contribution in [1.29, 1.82) is 0 Å². The molecule has 1 aromatic heterocycles. The molecule has 2 rings (SSSR count). The van der Waals surface area contributed by atoms with Crippen LogP contribution in [0, 0.1) is 9.87 Å². The number of H-pyrrole nitrogens is 1. The Hall–Kier alpha value is -0.750. The molecule has 1 amide bonds. The highest BCUT2D eigenvalue weighted by atomic mass is 32.1. The van der Waals surface area contributed by atoms with Crippen LogP contribution in [0.3, 0.4) is 0 Å². The Balaban J connectivity index is 1.93. The van der Waals surface area contributed by atoms with Gasteiger partial charge in [-0.15, -0.1) is 5.10 Å². The Morgan fingerprint density at radius 2 is 2.20 bits per heavy atom. The van der Waals surface area contributed by atoms with Gasteiger partial charge in [-0.3, -0.25) is 9.89 Å². The van der Waals surface area contributed by atoms with Crippen molar-refractivity contribution in [1.82, 2.24) is 10.2 Å². The van der Waals surface area contributed by atoms with Crippen molar-refractivity contribution in [3.8, 4) is 0 Å². The number of amides is 1. The zero-order chi connectivity index (χ0) is 10.7. The first kappa shape index (κ1) is 10.8. The number of nitrogens with one attached hydrogen (secondary N) is 2. The van der Waals surface area contributed by atoms with Crippen molar-refractivity contribution < 1.29 is 4.79 Å². The van der Waals surface area contributed by atoms with Gasteiger partial charge in [0.1, 0.15) is 0 Å². The maximum atomic E-state index is 11.8. The molecule has 0 radical (unpaired) electrons. The third kappa shape index (κ3) is 2.85. The van der Waals surface area contributed by atoms with Crippen molar-refractivity contribution in [2.75, 3.05) is 5.32 Å². The molecule has 82 valence electrons. The molecule has 1 aliphatic carbocycles. The lowest BCUT2D eigenvalue weighted by Gasteiger charge is -2.19. The number of carbonyl (C=O) groups excluding carboxylic acids is 1. The van der Waals surface area contributed by atoms with Crippen molar-refractivity contribution in [3.63, 3.8) is 0 Å². The fourth-order valence-corrected chi connectivity index (χ4v) is 2.65. The van der Waals surface area contributed by atoms with Gasteiger partial charge in [0.15, 0.2) is 3.95 Å². The van der Waals surface area contributed by atoms with Crippen LogP contribution in [0.25, 0.3) is 0 Å². The zero-order valence-electron chi connectivity index (χ0n) is 8.28. The van der Waals surface area contributed by atoms with Crippen molar-refractivity contribution in [3.05, 3.63) is 3.95 Å². The second-order valence-electron chi connectivity index (χ2n) is 3.74. The van der Waals surface area contributed by atoms with Crippen molar-refractivity contribution in [2.24, 2.45) is 5.92 Å². The van der Waals surface area contributed by atoms with Gasteiger partial charge in [0.25, 0.3) is 0 Å². The third-order valence-electron chi connectivity index (χ3n) is 2.64. The monoisotopic (exact) mass is 243 g/mol. The van der Waals surface area contributed by atoms with Crippen LogP contribution < -0.4 is 5.32 Å². The Labute approximate surface area is 97.1 Å². The fourth-order valence-electron chi connectivity index (χ4n) is 1.86. The normalized spacial score (nSPS) is 17.6. The van der Waals surface area contributed by atoms with Gasteiger partial charge in [-0.2, -0.15) is 0 Å². The number of hydrogen-bond acceptors (Lipinski definition) is 4. The molecule has 4 nitrogen and oxygen atoms in total. The highest BCUT2D eigenvalue weighted by Crippen LogP contribution is 2.25. The van der Waals surface area contributed by atoms with E-state index in [0.717, 1.165) is 25.7 Å². The van der Waals surface area contributed by atoms with E-state index in [1.54, 1.807) is 0 Å². The quantitative estimate of drug-likeness (QED) is 0.785. The van der Waals surface area contributed by atoms with Crippen LogP contribution in [0.1, 0.15) is 32.1 Å². The SMILES string of the molecule is O=C(Nc1n[nH]c(=S)s1)C1CCCCC1. The van der Waals surface area contributed by atoms with E-state index in [2.05, 4.69) is 15.5 Å². The largest absolute Gasteiger partial charge is 0.300 e. The van der Waals surface area contributed by atoms with Crippen molar-refractivity contribution >= 4 is 34.6 Å². The molecule has 1 heterocycles. The summed E-state index contributed by atoms with van der Waals surface area (Å²) in [7, 11) is 0. The lowest BCUT2D eigenvalue weighted by Crippen LogP contribution is -2.24. The second-order valence-corrected chi connectivity index (χ2v) is 5.41. The molecule has 0 atom stereocenters. The van der Waals surface area contributed by atoms with Crippen LogP contribution in [0.5, 0.6) is 0 Å². The smallest absolute Gasteiger partial charge is 0.229 e. The molecule has 6 heteroatoms. The molecule has 1 aliphatic rings. The number of rotatable bonds is 2. The summed E-state index contributed by atoms with van der Waals surface area (Å²) in [6.07, 6.45) is 5.58. The van der Waals surface area contributed by atoms with Crippen LogP contribution in [-0.2, 0) is 4.79 Å². The molecule has 0 unspecified atom stereocenters. The molecule has 1 aromatic rings. The van der Waals surface area contributed by atoms with Gasteiger partial charge in [0, 0.05) is 5.92 Å². The summed E-state index contributed by atoms with van der Waals surface area (Å²) in [6.45, 7) is 0. The van der Waals surface area contributed by atoms with Gasteiger partial charge in [-0.05, 0) is 25.1 Å². The summed E-state index contributed by atoms with van der Waals surface area (Å²) < 4.78 is 0.592. The zero-order valence-corrected chi connectivity index (χ0v) is 9.92. The minimum atomic E-state index is 0.0902. The summed E-state index contributed by atoms with van der Waals surface area (Å²) in [4.78, 5) is 11.8. The predicted molar refractivity (Wildman–Crippen MR) is 62.5 cm³/mol. The van der Waals surface area contributed by atoms with Crippen LogP contribution in [-0.4, -0.2) is 16.1 Å². The Bertz CT molecular complexity index is 392. The lowest BCUT2D eigenvalue weighted by atomic mass is 9.89. The molecule has 2 N–H and O–H groups in total. The maximum absolute atomic E-state index is 11.8. The Kier molecular flexibility index (Phi) is 3.48. The molecule has 0 saturated heterocycles. The minimum absolute atomic E-state index is 0.0902. The number of aromatic amines is 1. The number of hydrogen-bond donors (Lipinski definition) is 2. The fraction of sp³-hybridized carbons (Fsp3) is 0.667. The molecular formula is C9H13N3OS2. The summed E-state index contributed by atoms with van der Waals surface area (Å²) in [5.41, 5.74) is 0. The van der Waals surface area contributed by atoms with E-state index in [1.807, 2.05) is 0 Å². The van der Waals surface area contributed by atoms with E-state index in [-0.39, 0.29) is 11.8 Å². The molecule has 1 fully saturated rings. The average molecular weight is 243 g/mol. The summed E-state index contributed by atoms with van der Waals surface area (Å²) in [5.74, 6) is 0.253. The van der Waals surface area contributed by atoms with Crippen LogP contribution in [0.4, 0.5) is 5.13 Å². The molecule has 0 bridgehead atoms. The summed E-state index contributed by atoms with van der Waals surface area (Å²) in [6, 6.07) is 0. The van der Waals surface area contributed by atoms with E-state index >= 15 is 0 Å². The van der Waals surface area contributed by atoms with E-state index in [0.29, 0.717) is 9.09 Å². The van der Waals surface area contributed by atoms with Crippen molar-refractivity contribution in [2.45, 2.75) is 32.1 Å². The van der Waals surface area contributed by atoms with E-state index in [1.165, 1.54) is 17.8 Å². The number of nitrogens with zero attached hydrogens (tertiary/aromatic N) is 1. The van der Waals surface area contributed by atoms with Gasteiger partial charge in [-0.25, -0.2) is 0 Å². The van der Waals surface area contributed by atoms with Gasteiger partial charge in [-0.1, -0.05) is 30.6 Å². The second kappa shape index (κ2) is 4.85. The Morgan fingerprint density at radius 1 is 1.47 bits per heavy atom. The molecule has 1 saturated carbocycles. The number of carbonyl (C=O) groups is 1. The predicted octanol–water partition coefficient (Wildman–Crippen LogP) is 2.72. The van der Waals surface area contributed by atoms with Crippen LogP contribution in [0.15, 0.2) is 0 Å². The molecule has 0 spiro atoms. The van der Waals surface area contributed by atoms with Crippen LogP contribution in [0.2, 0.25) is 0 Å². The number of anilines is 1. The first-order valence-corrected chi connectivity index (χ1v) is 6.34. The first-order valence-electron chi connectivity index (χ1n) is 5.12. The Morgan fingerprint density at radius 3 is 2.80 bits per heavy atom. The lowest BCUT2D eigenvalue weighted by molar-refractivity contribution is -0.120. The molecule has 15 heavy (non-hydrogen) atoms. The first-order chi connectivity index (χ1) is 7.25.